The highest BCUT2D eigenvalue weighted by atomic mass is 35.5. The number of nitrogens with two attached hydrogens (primary N) is 1. The molecule has 135 heavy (non-hydrogen) atoms. The number of hydrogen-bond acceptors (Lipinski definition) is 29. The molecular formula is C82H97ClF14N12O26. The number of nitrogens with zero attached hydrogens (tertiary/aromatic N) is 9. The first-order chi connectivity index (χ1) is 62.6. The van der Waals surface area contributed by atoms with Crippen LogP contribution in [0, 0.1) is 23.7 Å². The zero-order chi connectivity index (χ0) is 99.9. The monoisotopic (exact) mass is 1970 g/mol. The fourth-order valence-electron chi connectivity index (χ4n) is 15.1. The highest BCUT2D eigenvalue weighted by Crippen LogP contribution is 2.51. The minimum atomic E-state index is -3.71. The summed E-state index contributed by atoms with van der Waals surface area (Å²) in [5.41, 5.74) is 2.04. The Morgan fingerprint density at radius 3 is 1.01 bits per heavy atom. The first-order valence-corrected chi connectivity index (χ1v) is 41.4. The van der Waals surface area contributed by atoms with Crippen LogP contribution < -0.4 is 33.7 Å². The fraction of sp³-hybridized carbons (Fsp3) is 0.573. The molecule has 14 heterocycles. The SMILES string of the molecule is CC[C@H]1O[C@@H](N2C=CC(=O)CC2=O)C(F)(F)[C@@H]1C.CC[C@H]1O[C@@H](N2C=CC(=O)CC2=O)C(F)(F)[C@@H]1C.CC[C@H]1O[C@@H](N2C=CC(=O)CC2=O)C(F)(F)[C@@H]1O.CC[C@H]1O[C@@H](n2ccc(NC(=O)c3ccccc3)nc2=O)C(F)(F)[C@@H]1C.C[C@@H]1[C@@H](CO)O[C@@H](n2ccc(=O)[nH]c2=O)C1(F)F.Cl.Nc1ccn([C@@H]2O[C@H](CO)[C@@H](O)C2(F)F)c(=O)n1.O=C1C=CN([C@@H]2O[C@H](CO)[C@@H](O)C2(F)F)C(=O)C1. The predicted molar refractivity (Wildman–Crippen MR) is 435 cm³/mol. The number of alkyl halides is 14. The molecule has 1 aromatic carbocycles. The second-order valence-electron chi connectivity index (χ2n) is 32.0. The number of carbonyl (C=O) groups excluding carboxylic acids is 9. The Labute approximate surface area is 761 Å². The van der Waals surface area contributed by atoms with Gasteiger partial charge in [0.25, 0.3) is 35.2 Å². The Morgan fingerprint density at radius 1 is 0.400 bits per heavy atom. The quantitative estimate of drug-likeness (QED) is 0.0539. The van der Waals surface area contributed by atoms with E-state index < -0.39 is 266 Å². The van der Waals surface area contributed by atoms with Gasteiger partial charge in [-0.15, -0.1) is 12.4 Å². The van der Waals surface area contributed by atoms with Gasteiger partial charge in [-0.3, -0.25) is 86.2 Å². The predicted octanol–water partition coefficient (Wildman–Crippen LogP) is 4.77. The van der Waals surface area contributed by atoms with Crippen LogP contribution in [0.5, 0.6) is 0 Å². The van der Waals surface area contributed by atoms with E-state index in [1.54, 1.807) is 58.0 Å². The molecule has 38 nitrogen and oxygen atoms in total. The number of hydrogen-bond donors (Lipinski definition) is 9. The van der Waals surface area contributed by atoms with Crippen molar-refractivity contribution >= 4 is 76.7 Å². The zero-order valence-electron chi connectivity index (χ0n) is 72.5. The average molecular weight is 1970 g/mol. The Hall–Kier alpha value is -10.8. The third kappa shape index (κ3) is 23.4. The van der Waals surface area contributed by atoms with E-state index >= 15 is 0 Å². The molecule has 0 bridgehead atoms. The molecule has 0 saturated carbocycles. The number of carbonyl (C=O) groups is 9. The van der Waals surface area contributed by atoms with E-state index in [1.165, 1.54) is 40.0 Å². The summed E-state index contributed by atoms with van der Waals surface area (Å²) in [5.74, 6) is -33.0. The average Bonchev–Trinajstić information content (AvgIpc) is 1.72. The van der Waals surface area contributed by atoms with Crippen LogP contribution in [0.2, 0.25) is 0 Å². The standard InChI is InChI=1S/C18H19F2N3O3.2C12H15F2NO3.C11H13F2NO4.C10H12F2N2O4.C10H11F2NO5.C9H11F2N3O4.ClH/c1-3-13-11(2)18(19,20)16(26-13)23-10-9-14(22-17(23)25)21-15(24)12-7-5-4-6-8-12;2*1-3-9-7(2)12(13,14)11(18-9)15-5-4-8(16)6-10(15)17;1-2-7-9(17)11(12,13)10(18-7)14-4-3-6(15)5-8(14)16;1-5-6(4-15)18-8(10(5,11)12)14-3-2-7(16)13-9(14)17;11-10(12)8(17)6(4-14)18-9(10)13-2-1-5(15)3-7(13)16;10-9(11)6(16)4(3-15)18-7(9)14-2-1-5(12)13-8(14)17;/h4-11,13,16H,3H2,1-2H3,(H,21,22,24,25);2*4-5,7,9,11H,3,6H2,1-2H3;3-4,7,9-10,17H,2,5H2,1H3;2-3,5-6,8,15H,4H2,1H3,(H,13,16,17);1-2,6,8-9,14,17H,3-4H2;1-2,4,6-7,15-16H,3H2,(H2,12,13,17);1H/t11-,13-,16-;2*7-,9-,11-;7-,9-,10-;5-,6-,8-;6-,8-,9-;4-,6-,7-;/m1111111./s1. The number of allylic oxidation sites excluding steroid dienone is 4. The first-order valence-electron chi connectivity index (χ1n) is 41.4. The van der Waals surface area contributed by atoms with Gasteiger partial charge in [0.2, 0.25) is 67.2 Å². The zero-order valence-corrected chi connectivity index (χ0v) is 73.3. The number of H-pyrrole nitrogens is 1. The van der Waals surface area contributed by atoms with Gasteiger partial charge >= 0.3 is 34.8 Å². The molecule has 3 aromatic heterocycles. The number of anilines is 2. The van der Waals surface area contributed by atoms with Crippen LogP contribution >= 0.6 is 12.4 Å². The van der Waals surface area contributed by atoms with Gasteiger partial charge in [0, 0.05) is 55.0 Å². The molecule has 0 radical (unpaired) electrons. The highest BCUT2D eigenvalue weighted by Gasteiger charge is 2.66. The van der Waals surface area contributed by atoms with Crippen molar-refractivity contribution in [3.8, 4) is 0 Å². The maximum Gasteiger partial charge on any atom is 0.351 e. The number of aliphatic hydroxyl groups excluding tert-OH is 6. The number of rotatable bonds is 16. The van der Waals surface area contributed by atoms with Gasteiger partial charge in [-0.25, -0.2) is 49.5 Å². The van der Waals surface area contributed by atoms with Crippen molar-refractivity contribution in [1.29, 1.82) is 0 Å². The Bertz CT molecular complexity index is 5020. The molecule has 7 saturated heterocycles. The summed E-state index contributed by atoms with van der Waals surface area (Å²) in [6.45, 7) is 10.2. The van der Waals surface area contributed by atoms with Crippen LogP contribution in [-0.2, 0) is 71.5 Å². The molecule has 11 aliphatic heterocycles. The number of aromatic nitrogens is 6. The molecule has 10 N–H and O–H groups in total. The van der Waals surface area contributed by atoms with Crippen molar-refractivity contribution in [2.45, 2.75) is 253 Å². The van der Waals surface area contributed by atoms with Crippen LogP contribution in [0.1, 0.15) is 136 Å². The summed E-state index contributed by atoms with van der Waals surface area (Å²) in [7, 11) is 0. The third-order valence-corrected chi connectivity index (χ3v) is 23.2. The van der Waals surface area contributed by atoms with Crippen molar-refractivity contribution in [3.05, 3.63) is 164 Å². The lowest BCUT2D eigenvalue weighted by Gasteiger charge is -2.31. The number of halogens is 15. The van der Waals surface area contributed by atoms with E-state index in [2.05, 4.69) is 15.3 Å². The molecule has 746 valence electrons. The van der Waals surface area contributed by atoms with Gasteiger partial charge in [-0.1, -0.05) is 73.6 Å². The minimum Gasteiger partial charge on any atom is -0.394 e. The van der Waals surface area contributed by atoms with Gasteiger partial charge in [0.05, 0.1) is 99.7 Å². The van der Waals surface area contributed by atoms with E-state index in [-0.39, 0.29) is 54.9 Å². The lowest BCUT2D eigenvalue weighted by Crippen LogP contribution is -2.50. The molecule has 4 aromatic rings. The number of amides is 5. The van der Waals surface area contributed by atoms with Crippen LogP contribution in [0.3, 0.4) is 0 Å². The van der Waals surface area contributed by atoms with E-state index in [1.807, 2.05) is 4.98 Å². The normalized spacial score (nSPS) is 31.7. The van der Waals surface area contributed by atoms with Crippen molar-refractivity contribution in [2.75, 3.05) is 30.9 Å². The van der Waals surface area contributed by atoms with Crippen molar-refractivity contribution in [1.82, 2.24) is 48.3 Å². The van der Waals surface area contributed by atoms with Crippen molar-refractivity contribution in [3.63, 3.8) is 0 Å². The number of aromatic amines is 1. The van der Waals surface area contributed by atoms with Gasteiger partial charge in [-0.05, 0) is 74.3 Å². The molecule has 0 aliphatic carbocycles. The summed E-state index contributed by atoms with van der Waals surface area (Å²) < 4.78 is 233. The molecule has 0 unspecified atom stereocenters. The molecule has 5 amide bonds. The number of ketones is 4. The highest BCUT2D eigenvalue weighted by molar-refractivity contribution is 6.08. The van der Waals surface area contributed by atoms with E-state index in [0.717, 1.165) is 88.0 Å². The molecule has 53 heteroatoms. The van der Waals surface area contributed by atoms with Crippen LogP contribution in [0.4, 0.5) is 73.1 Å². The lowest BCUT2D eigenvalue weighted by atomic mass is 9.97. The second-order valence-corrected chi connectivity index (χ2v) is 32.0. The van der Waals surface area contributed by atoms with Crippen molar-refractivity contribution < 1.29 is 168 Å². The molecular weight excluding hydrogens is 1870 g/mol. The number of benzene rings is 1. The molecule has 0 spiro atoms. The van der Waals surface area contributed by atoms with E-state index in [0.29, 0.717) is 43.8 Å². The lowest BCUT2D eigenvalue weighted by molar-refractivity contribution is -0.173. The first kappa shape index (κ1) is 110. The largest absolute Gasteiger partial charge is 0.394 e. The summed E-state index contributed by atoms with van der Waals surface area (Å²) >= 11 is 0. The topological polar surface area (TPSA) is 515 Å². The molecule has 11 aliphatic rings. The molecule has 21 atom stereocenters. The van der Waals surface area contributed by atoms with Crippen LogP contribution in [0.25, 0.3) is 0 Å². The van der Waals surface area contributed by atoms with Crippen LogP contribution in [0.15, 0.2) is 135 Å². The number of nitrogens with one attached hydrogen (secondary N) is 2. The number of aliphatic hydroxyl groups is 6. The van der Waals surface area contributed by atoms with Gasteiger partial charge in [-0.2, -0.15) is 36.3 Å². The molecule has 15 rings (SSSR count). The maximum absolute atomic E-state index is 14.5. The summed E-state index contributed by atoms with van der Waals surface area (Å²) in [5, 5.41) is 57.1. The third-order valence-electron chi connectivity index (χ3n) is 23.2. The smallest absolute Gasteiger partial charge is 0.351 e. The summed E-state index contributed by atoms with van der Waals surface area (Å²) in [4.78, 5) is 160. The maximum atomic E-state index is 14.5. The Balaban J connectivity index is 0.000000194. The number of nitrogen functional groups attached to an aromatic ring is 1. The molecule has 7 fully saturated rings. The minimum absolute atomic E-state index is 0. The van der Waals surface area contributed by atoms with Crippen LogP contribution in [-0.4, -0.2) is 279 Å². The Kier molecular flexibility index (Phi) is 35.8. The number of ether oxygens (including phenoxy) is 7. The summed E-state index contributed by atoms with van der Waals surface area (Å²) in [6.07, 6.45) is -14.5. The van der Waals surface area contributed by atoms with Gasteiger partial charge in [0.1, 0.15) is 29.9 Å². The summed E-state index contributed by atoms with van der Waals surface area (Å²) in [6, 6.07) is 11.8. The van der Waals surface area contributed by atoms with Gasteiger partial charge < -0.3 is 74.8 Å². The van der Waals surface area contributed by atoms with E-state index in [9.17, 15) is 139 Å². The Morgan fingerprint density at radius 2 is 0.689 bits per heavy atom. The van der Waals surface area contributed by atoms with E-state index in [4.69, 9.17) is 54.2 Å². The second kappa shape index (κ2) is 44.1. The van der Waals surface area contributed by atoms with Gasteiger partial charge in [0.15, 0.2) is 35.3 Å². The fourth-order valence-corrected chi connectivity index (χ4v) is 15.1. The van der Waals surface area contributed by atoms with Crippen molar-refractivity contribution in [2.24, 2.45) is 23.7 Å².